The van der Waals surface area contributed by atoms with E-state index < -0.39 is 0 Å². The van der Waals surface area contributed by atoms with E-state index in [2.05, 4.69) is 9.55 Å². The van der Waals surface area contributed by atoms with Crippen LogP contribution in [0.15, 0.2) is 35.7 Å². The second-order valence-corrected chi connectivity index (χ2v) is 7.67. The number of carbonyl (C=O) groups is 1. The number of hydrogen-bond acceptors (Lipinski definition) is 5. The van der Waals surface area contributed by atoms with Gasteiger partial charge in [-0.05, 0) is 57.5 Å². The second kappa shape index (κ2) is 9.17. The Hall–Kier alpha value is -2.44. The predicted molar refractivity (Wildman–Crippen MR) is 113 cm³/mol. The molecule has 0 aliphatic rings. The fourth-order valence-electron chi connectivity index (χ4n) is 3.20. The minimum absolute atomic E-state index is 0.00860. The van der Waals surface area contributed by atoms with Gasteiger partial charge < -0.3 is 14.0 Å². The quantitative estimate of drug-likeness (QED) is 0.382. The standard InChI is InChI=1S/C22H26N2O3S/c1-15-14-28-22(23-15)18-6-8-19(9-7-18)27-13-21(25)20-12-16(2)24(17(20)3)10-5-11-26-4/h6-9,12,14H,5,10-11,13H2,1-4H3. The van der Waals surface area contributed by atoms with Crippen LogP contribution >= 0.6 is 11.3 Å². The third-order valence-electron chi connectivity index (χ3n) is 4.69. The smallest absolute Gasteiger partial charge is 0.202 e. The van der Waals surface area contributed by atoms with Gasteiger partial charge in [0.1, 0.15) is 10.8 Å². The van der Waals surface area contributed by atoms with E-state index in [0.717, 1.165) is 46.2 Å². The number of aromatic nitrogens is 2. The van der Waals surface area contributed by atoms with Crippen molar-refractivity contribution in [3.63, 3.8) is 0 Å². The molecule has 2 aromatic heterocycles. The largest absolute Gasteiger partial charge is 0.485 e. The average Bonchev–Trinajstić information content (AvgIpc) is 3.25. The van der Waals surface area contributed by atoms with Crippen molar-refractivity contribution < 1.29 is 14.3 Å². The van der Waals surface area contributed by atoms with Crippen LogP contribution in [0, 0.1) is 20.8 Å². The number of hydrogen-bond donors (Lipinski definition) is 0. The van der Waals surface area contributed by atoms with E-state index in [9.17, 15) is 4.79 Å². The molecule has 6 heteroatoms. The van der Waals surface area contributed by atoms with Gasteiger partial charge in [0.25, 0.3) is 0 Å². The Kier molecular flexibility index (Phi) is 6.65. The van der Waals surface area contributed by atoms with Gasteiger partial charge in [-0.15, -0.1) is 11.3 Å². The zero-order valence-electron chi connectivity index (χ0n) is 16.8. The molecule has 0 N–H and O–H groups in total. The highest BCUT2D eigenvalue weighted by molar-refractivity contribution is 7.13. The van der Waals surface area contributed by atoms with Crippen LogP contribution in [-0.2, 0) is 11.3 Å². The van der Waals surface area contributed by atoms with Gasteiger partial charge in [-0.1, -0.05) is 0 Å². The van der Waals surface area contributed by atoms with Crippen molar-refractivity contribution in [2.45, 2.75) is 33.7 Å². The summed E-state index contributed by atoms with van der Waals surface area (Å²) >= 11 is 1.62. The normalized spacial score (nSPS) is 11.0. The monoisotopic (exact) mass is 398 g/mol. The Labute approximate surface area is 169 Å². The minimum atomic E-state index is -0.00860. The minimum Gasteiger partial charge on any atom is -0.485 e. The van der Waals surface area contributed by atoms with E-state index in [1.807, 2.05) is 56.5 Å². The van der Waals surface area contributed by atoms with Crippen molar-refractivity contribution in [3.8, 4) is 16.3 Å². The Morgan fingerprint density at radius 3 is 2.57 bits per heavy atom. The fourth-order valence-corrected chi connectivity index (χ4v) is 4.01. The number of benzene rings is 1. The van der Waals surface area contributed by atoms with Crippen LogP contribution in [0.25, 0.3) is 10.6 Å². The molecular weight excluding hydrogens is 372 g/mol. The molecule has 0 saturated carbocycles. The van der Waals surface area contributed by atoms with Crippen LogP contribution < -0.4 is 4.74 Å². The van der Waals surface area contributed by atoms with Crippen LogP contribution in [0.5, 0.6) is 5.75 Å². The predicted octanol–water partition coefficient (Wildman–Crippen LogP) is 4.84. The molecule has 0 fully saturated rings. The summed E-state index contributed by atoms with van der Waals surface area (Å²) in [5, 5.41) is 3.02. The molecule has 2 heterocycles. The summed E-state index contributed by atoms with van der Waals surface area (Å²) < 4.78 is 13.0. The molecule has 0 spiro atoms. The highest BCUT2D eigenvalue weighted by Crippen LogP contribution is 2.25. The topological polar surface area (TPSA) is 53.4 Å². The number of nitrogens with zero attached hydrogens (tertiary/aromatic N) is 2. The van der Waals surface area contributed by atoms with Crippen molar-refractivity contribution in [3.05, 3.63) is 58.4 Å². The number of rotatable bonds is 9. The van der Waals surface area contributed by atoms with Gasteiger partial charge in [-0.25, -0.2) is 4.98 Å². The maximum absolute atomic E-state index is 12.7. The van der Waals surface area contributed by atoms with Crippen LogP contribution in [-0.4, -0.2) is 35.7 Å². The molecule has 3 aromatic rings. The summed E-state index contributed by atoms with van der Waals surface area (Å²) in [5.41, 5.74) is 4.86. The van der Waals surface area contributed by atoms with Crippen molar-refractivity contribution in [1.82, 2.24) is 9.55 Å². The van der Waals surface area contributed by atoms with E-state index in [1.165, 1.54) is 0 Å². The number of ketones is 1. The van der Waals surface area contributed by atoms with Crippen LogP contribution in [0.1, 0.15) is 33.9 Å². The highest BCUT2D eigenvalue weighted by atomic mass is 32.1. The summed E-state index contributed by atoms with van der Waals surface area (Å²) in [6, 6.07) is 9.65. The number of aryl methyl sites for hydroxylation is 2. The molecule has 0 radical (unpaired) electrons. The average molecular weight is 399 g/mol. The summed E-state index contributed by atoms with van der Waals surface area (Å²) in [7, 11) is 1.70. The first-order valence-electron chi connectivity index (χ1n) is 9.34. The zero-order valence-corrected chi connectivity index (χ0v) is 17.6. The number of carbonyl (C=O) groups excluding carboxylic acids is 1. The van der Waals surface area contributed by atoms with Crippen LogP contribution in [0.3, 0.4) is 0 Å². The summed E-state index contributed by atoms with van der Waals surface area (Å²) in [6.45, 7) is 7.57. The lowest BCUT2D eigenvalue weighted by Gasteiger charge is -2.10. The number of thiazole rings is 1. The maximum Gasteiger partial charge on any atom is 0.202 e. The fraction of sp³-hybridized carbons (Fsp3) is 0.364. The van der Waals surface area contributed by atoms with Gasteiger partial charge in [0.15, 0.2) is 6.61 Å². The van der Waals surface area contributed by atoms with Gasteiger partial charge in [0, 0.05) is 53.9 Å². The third kappa shape index (κ3) is 4.69. The molecule has 0 bridgehead atoms. The Bertz CT molecular complexity index is 941. The van der Waals surface area contributed by atoms with Crippen molar-refractivity contribution in [1.29, 1.82) is 0 Å². The van der Waals surface area contributed by atoms with E-state index in [0.29, 0.717) is 12.4 Å². The molecule has 0 aliphatic carbocycles. The first-order valence-corrected chi connectivity index (χ1v) is 10.2. The van der Waals surface area contributed by atoms with E-state index in [-0.39, 0.29) is 12.4 Å². The molecule has 1 aromatic carbocycles. The van der Waals surface area contributed by atoms with Crippen molar-refractivity contribution in [2.75, 3.05) is 20.3 Å². The van der Waals surface area contributed by atoms with Crippen molar-refractivity contribution in [2.24, 2.45) is 0 Å². The molecule has 0 aliphatic heterocycles. The van der Waals surface area contributed by atoms with Gasteiger partial charge in [-0.3, -0.25) is 4.79 Å². The molecule has 0 saturated heterocycles. The highest BCUT2D eigenvalue weighted by Gasteiger charge is 2.16. The first-order chi connectivity index (χ1) is 13.5. The molecule has 5 nitrogen and oxygen atoms in total. The SMILES string of the molecule is COCCCn1c(C)cc(C(=O)COc2ccc(-c3nc(C)cs3)cc2)c1C. The third-order valence-corrected chi connectivity index (χ3v) is 5.70. The van der Waals surface area contributed by atoms with Crippen LogP contribution in [0.4, 0.5) is 0 Å². The number of Topliss-reactive ketones (excluding diaryl/α,β-unsaturated/α-hetero) is 1. The zero-order chi connectivity index (χ0) is 20.1. The molecule has 0 unspecified atom stereocenters. The Morgan fingerprint density at radius 2 is 1.93 bits per heavy atom. The lowest BCUT2D eigenvalue weighted by Crippen LogP contribution is -2.13. The van der Waals surface area contributed by atoms with Gasteiger partial charge >= 0.3 is 0 Å². The summed E-state index contributed by atoms with van der Waals surface area (Å²) in [4.78, 5) is 17.1. The number of methoxy groups -OCH3 is 1. The lowest BCUT2D eigenvalue weighted by atomic mass is 10.1. The van der Waals surface area contributed by atoms with E-state index in [1.54, 1.807) is 18.4 Å². The molecule has 148 valence electrons. The molecule has 3 rings (SSSR count). The lowest BCUT2D eigenvalue weighted by molar-refractivity contribution is 0.0920. The van der Waals surface area contributed by atoms with Gasteiger partial charge in [0.05, 0.1) is 0 Å². The Morgan fingerprint density at radius 1 is 1.18 bits per heavy atom. The van der Waals surface area contributed by atoms with Gasteiger partial charge in [0.2, 0.25) is 5.78 Å². The first kappa shape index (κ1) is 20.3. The number of ether oxygens (including phenoxy) is 2. The van der Waals surface area contributed by atoms with E-state index >= 15 is 0 Å². The molecule has 0 atom stereocenters. The summed E-state index contributed by atoms with van der Waals surface area (Å²) in [5.74, 6) is 0.671. The van der Waals surface area contributed by atoms with Gasteiger partial charge in [-0.2, -0.15) is 0 Å². The summed E-state index contributed by atoms with van der Waals surface area (Å²) in [6.07, 6.45) is 0.919. The molecule has 28 heavy (non-hydrogen) atoms. The van der Waals surface area contributed by atoms with Crippen molar-refractivity contribution >= 4 is 17.1 Å². The Balaban J connectivity index is 1.62. The van der Waals surface area contributed by atoms with Crippen LogP contribution in [0.2, 0.25) is 0 Å². The molecule has 0 amide bonds. The van der Waals surface area contributed by atoms with E-state index in [4.69, 9.17) is 9.47 Å². The molecular formula is C22H26N2O3S. The maximum atomic E-state index is 12.7. The second-order valence-electron chi connectivity index (χ2n) is 6.81.